The number of nitro groups is 1. The fourth-order valence-corrected chi connectivity index (χ4v) is 2.35. The molecule has 26 heavy (non-hydrogen) atoms. The minimum Gasteiger partial charge on any atom is -0.508 e. The molecule has 1 aliphatic rings. The maximum atomic E-state index is 12.6. The SMILES string of the molecule is O=C1NC(=O)N(c2ccc([N+](=O)[O-])cc2)C(=O)C1=Cc1ccc(O)cc1. The highest BCUT2D eigenvalue weighted by molar-refractivity contribution is 6.39. The number of carbonyl (C=O) groups excluding carboxylic acids is 3. The van der Waals surface area contributed by atoms with E-state index in [4.69, 9.17) is 0 Å². The van der Waals surface area contributed by atoms with Crippen LogP contribution in [-0.2, 0) is 9.59 Å². The van der Waals surface area contributed by atoms with Gasteiger partial charge in [0.05, 0.1) is 10.6 Å². The van der Waals surface area contributed by atoms with Gasteiger partial charge >= 0.3 is 6.03 Å². The number of nitrogens with zero attached hydrogens (tertiary/aromatic N) is 2. The quantitative estimate of drug-likeness (QED) is 0.375. The molecule has 0 saturated carbocycles. The highest BCUT2D eigenvalue weighted by atomic mass is 16.6. The first-order chi connectivity index (χ1) is 12.4. The number of imide groups is 2. The fraction of sp³-hybridized carbons (Fsp3) is 0. The molecule has 1 aliphatic heterocycles. The number of phenols is 1. The molecule has 2 aromatic carbocycles. The summed E-state index contributed by atoms with van der Waals surface area (Å²) in [6, 6.07) is 9.59. The highest BCUT2D eigenvalue weighted by Gasteiger charge is 2.36. The van der Waals surface area contributed by atoms with Crippen molar-refractivity contribution in [3.8, 4) is 5.75 Å². The van der Waals surface area contributed by atoms with E-state index in [9.17, 15) is 29.6 Å². The van der Waals surface area contributed by atoms with Crippen LogP contribution in [0.15, 0.2) is 54.1 Å². The summed E-state index contributed by atoms with van der Waals surface area (Å²) in [5.41, 5.74) is 0.0738. The monoisotopic (exact) mass is 353 g/mol. The van der Waals surface area contributed by atoms with Crippen LogP contribution in [0.1, 0.15) is 5.56 Å². The Labute approximate surface area is 146 Å². The van der Waals surface area contributed by atoms with Crippen molar-refractivity contribution >= 4 is 35.3 Å². The molecule has 9 nitrogen and oxygen atoms in total. The lowest BCUT2D eigenvalue weighted by Gasteiger charge is -2.26. The Morgan fingerprint density at radius 2 is 1.62 bits per heavy atom. The molecule has 0 aliphatic carbocycles. The molecule has 1 fully saturated rings. The molecular formula is C17H11N3O6. The van der Waals surface area contributed by atoms with E-state index in [1.54, 1.807) is 0 Å². The lowest BCUT2D eigenvalue weighted by Crippen LogP contribution is -2.54. The molecule has 0 spiro atoms. The van der Waals surface area contributed by atoms with Gasteiger partial charge in [0.2, 0.25) is 0 Å². The van der Waals surface area contributed by atoms with Gasteiger partial charge in [-0.15, -0.1) is 0 Å². The third-order valence-corrected chi connectivity index (χ3v) is 3.62. The van der Waals surface area contributed by atoms with E-state index in [1.165, 1.54) is 42.5 Å². The zero-order valence-electron chi connectivity index (χ0n) is 13.1. The smallest absolute Gasteiger partial charge is 0.335 e. The number of urea groups is 1. The molecule has 9 heteroatoms. The molecule has 3 rings (SSSR count). The molecule has 2 N–H and O–H groups in total. The van der Waals surface area contributed by atoms with E-state index in [2.05, 4.69) is 5.32 Å². The van der Waals surface area contributed by atoms with Crippen molar-refractivity contribution in [2.24, 2.45) is 0 Å². The van der Waals surface area contributed by atoms with Gasteiger partial charge in [0.25, 0.3) is 17.5 Å². The third-order valence-electron chi connectivity index (χ3n) is 3.62. The number of rotatable bonds is 3. The lowest BCUT2D eigenvalue weighted by molar-refractivity contribution is -0.384. The van der Waals surface area contributed by atoms with Crippen molar-refractivity contribution in [2.75, 3.05) is 4.90 Å². The average Bonchev–Trinajstić information content (AvgIpc) is 2.60. The lowest BCUT2D eigenvalue weighted by atomic mass is 10.1. The number of anilines is 1. The van der Waals surface area contributed by atoms with E-state index in [1.807, 2.05) is 0 Å². The number of nitrogens with one attached hydrogen (secondary N) is 1. The second kappa shape index (κ2) is 6.48. The third kappa shape index (κ3) is 3.13. The van der Waals surface area contributed by atoms with Crippen molar-refractivity contribution in [1.82, 2.24) is 5.32 Å². The summed E-state index contributed by atoms with van der Waals surface area (Å²) in [5, 5.41) is 22.1. The summed E-state index contributed by atoms with van der Waals surface area (Å²) in [5.74, 6) is -1.69. The van der Waals surface area contributed by atoms with E-state index in [-0.39, 0.29) is 22.7 Å². The average molecular weight is 353 g/mol. The number of phenolic OH excluding ortho intramolecular Hbond substituents is 1. The fourth-order valence-electron chi connectivity index (χ4n) is 2.35. The molecule has 0 aromatic heterocycles. The largest absolute Gasteiger partial charge is 0.508 e. The summed E-state index contributed by atoms with van der Waals surface area (Å²) < 4.78 is 0. The number of benzene rings is 2. The molecule has 0 radical (unpaired) electrons. The minimum atomic E-state index is -0.947. The van der Waals surface area contributed by atoms with E-state index in [0.717, 1.165) is 17.0 Å². The normalized spacial score (nSPS) is 15.9. The van der Waals surface area contributed by atoms with Crippen molar-refractivity contribution in [3.05, 3.63) is 69.8 Å². The first-order valence-electron chi connectivity index (χ1n) is 7.32. The van der Waals surface area contributed by atoms with Crippen molar-refractivity contribution in [3.63, 3.8) is 0 Å². The summed E-state index contributed by atoms with van der Waals surface area (Å²) in [7, 11) is 0. The zero-order chi connectivity index (χ0) is 18.8. The molecule has 1 heterocycles. The van der Waals surface area contributed by atoms with Crippen molar-refractivity contribution in [1.29, 1.82) is 0 Å². The van der Waals surface area contributed by atoms with Crippen LogP contribution in [0.4, 0.5) is 16.2 Å². The Kier molecular flexibility index (Phi) is 4.19. The summed E-state index contributed by atoms with van der Waals surface area (Å²) >= 11 is 0. The van der Waals surface area contributed by atoms with Gasteiger partial charge in [-0.05, 0) is 35.9 Å². The van der Waals surface area contributed by atoms with Crippen LogP contribution in [0.3, 0.4) is 0 Å². The first-order valence-corrected chi connectivity index (χ1v) is 7.32. The minimum absolute atomic E-state index is 0.0225. The number of barbiturate groups is 1. The number of aromatic hydroxyl groups is 1. The van der Waals surface area contributed by atoms with Gasteiger partial charge in [-0.3, -0.25) is 25.0 Å². The Bertz CT molecular complexity index is 947. The van der Waals surface area contributed by atoms with E-state index >= 15 is 0 Å². The maximum absolute atomic E-state index is 12.6. The van der Waals surface area contributed by atoms with Crippen LogP contribution in [0.25, 0.3) is 6.08 Å². The zero-order valence-corrected chi connectivity index (χ0v) is 13.1. The van der Waals surface area contributed by atoms with Gasteiger partial charge in [0, 0.05) is 12.1 Å². The van der Waals surface area contributed by atoms with Gasteiger partial charge in [-0.25, -0.2) is 9.69 Å². The number of non-ortho nitro benzene ring substituents is 1. The Morgan fingerprint density at radius 1 is 1.00 bits per heavy atom. The molecule has 0 bridgehead atoms. The maximum Gasteiger partial charge on any atom is 0.335 e. The second-order valence-electron chi connectivity index (χ2n) is 5.32. The summed E-state index contributed by atoms with van der Waals surface area (Å²) in [6.45, 7) is 0. The second-order valence-corrected chi connectivity index (χ2v) is 5.32. The Morgan fingerprint density at radius 3 is 2.19 bits per heavy atom. The van der Waals surface area contributed by atoms with E-state index < -0.39 is 22.8 Å². The molecule has 4 amide bonds. The number of carbonyl (C=O) groups is 3. The highest BCUT2D eigenvalue weighted by Crippen LogP contribution is 2.24. The van der Waals surface area contributed by atoms with Crippen molar-refractivity contribution in [2.45, 2.75) is 0 Å². The van der Waals surface area contributed by atoms with Gasteiger partial charge in [-0.2, -0.15) is 0 Å². The van der Waals surface area contributed by atoms with Crippen molar-refractivity contribution < 1.29 is 24.4 Å². The number of hydrogen-bond acceptors (Lipinski definition) is 6. The standard InChI is InChI=1S/C17H11N3O6/c21-13-7-1-10(2-8-13)9-14-15(22)18-17(24)19(16(14)23)11-3-5-12(6-4-11)20(25)26/h1-9,21H,(H,18,22,24). The van der Waals surface area contributed by atoms with Crippen LogP contribution in [0, 0.1) is 10.1 Å². The molecule has 1 saturated heterocycles. The summed E-state index contributed by atoms with van der Waals surface area (Å²) in [4.78, 5) is 47.5. The first kappa shape index (κ1) is 16.8. The van der Waals surface area contributed by atoms with Crippen LogP contribution in [0.2, 0.25) is 0 Å². The molecule has 0 atom stereocenters. The molecule has 2 aromatic rings. The number of amides is 4. The van der Waals surface area contributed by atoms with Crippen LogP contribution < -0.4 is 10.2 Å². The van der Waals surface area contributed by atoms with Crippen LogP contribution in [0.5, 0.6) is 5.75 Å². The van der Waals surface area contributed by atoms with Crippen LogP contribution >= 0.6 is 0 Å². The summed E-state index contributed by atoms with van der Waals surface area (Å²) in [6.07, 6.45) is 1.28. The Balaban J connectivity index is 1.97. The molecular weight excluding hydrogens is 342 g/mol. The van der Waals surface area contributed by atoms with Gasteiger partial charge in [0.1, 0.15) is 11.3 Å². The predicted octanol–water partition coefficient (Wildman–Crippen LogP) is 1.97. The van der Waals surface area contributed by atoms with Gasteiger partial charge < -0.3 is 5.11 Å². The van der Waals surface area contributed by atoms with E-state index in [0.29, 0.717) is 5.56 Å². The molecule has 0 unspecified atom stereocenters. The van der Waals surface area contributed by atoms with Gasteiger partial charge in [-0.1, -0.05) is 12.1 Å². The predicted molar refractivity (Wildman–Crippen MR) is 90.2 cm³/mol. The van der Waals surface area contributed by atoms with Crippen LogP contribution in [-0.4, -0.2) is 27.9 Å². The Hall–Kier alpha value is -4.01. The number of hydrogen-bond donors (Lipinski definition) is 2. The topological polar surface area (TPSA) is 130 Å². The molecule has 130 valence electrons. The number of nitro benzene ring substituents is 1. The van der Waals surface area contributed by atoms with Gasteiger partial charge in [0.15, 0.2) is 0 Å².